The molecule has 0 aliphatic carbocycles. The number of thiazole rings is 1. The zero-order valence-electron chi connectivity index (χ0n) is 13.1. The van der Waals surface area contributed by atoms with E-state index in [1.54, 1.807) is 0 Å². The largest absolute Gasteiger partial charge is 0.348 e. The number of halogens is 1. The lowest BCUT2D eigenvalue weighted by molar-refractivity contribution is 0.0791. The lowest BCUT2D eigenvalue weighted by atomic mass is 10.1. The van der Waals surface area contributed by atoms with Crippen LogP contribution in [-0.4, -0.2) is 62.6 Å². The van der Waals surface area contributed by atoms with Gasteiger partial charge in [-0.3, -0.25) is 4.79 Å². The van der Waals surface area contributed by atoms with Crippen molar-refractivity contribution in [3.05, 3.63) is 15.9 Å². The Balaban J connectivity index is 1.42. The van der Waals surface area contributed by atoms with Crippen LogP contribution in [0.2, 0.25) is 5.15 Å². The summed E-state index contributed by atoms with van der Waals surface area (Å²) in [6.07, 6.45) is 4.01. The lowest BCUT2D eigenvalue weighted by Crippen LogP contribution is -2.28. The monoisotopic (exact) mass is 367 g/mol. The number of hydrogen-bond donors (Lipinski definition) is 1. The van der Waals surface area contributed by atoms with Crippen LogP contribution in [0.5, 0.6) is 0 Å². The Hall–Kier alpha value is -1.74. The van der Waals surface area contributed by atoms with Crippen LogP contribution in [0, 0.1) is 5.92 Å². The van der Waals surface area contributed by atoms with Crippen LogP contribution in [0.4, 0.5) is 5.13 Å². The van der Waals surface area contributed by atoms with Gasteiger partial charge in [-0.25, -0.2) is 4.98 Å². The van der Waals surface area contributed by atoms with Crippen molar-refractivity contribution < 1.29 is 4.79 Å². The van der Waals surface area contributed by atoms with E-state index >= 15 is 0 Å². The molecule has 8 nitrogen and oxygen atoms in total. The second kappa shape index (κ2) is 6.64. The van der Waals surface area contributed by atoms with Crippen LogP contribution >= 0.6 is 22.9 Å². The molecule has 1 N–H and O–H groups in total. The van der Waals surface area contributed by atoms with Crippen LogP contribution in [0.25, 0.3) is 0 Å². The van der Waals surface area contributed by atoms with Crippen molar-refractivity contribution in [1.82, 2.24) is 30.5 Å². The first-order chi connectivity index (χ1) is 11.7. The summed E-state index contributed by atoms with van der Waals surface area (Å²) in [5.74, 6) is 1.04. The molecule has 0 bridgehead atoms. The van der Waals surface area contributed by atoms with Crippen molar-refractivity contribution in [2.75, 3.05) is 31.1 Å². The summed E-state index contributed by atoms with van der Waals surface area (Å²) >= 11 is 7.65. The van der Waals surface area contributed by atoms with Crippen molar-refractivity contribution in [1.29, 1.82) is 0 Å². The van der Waals surface area contributed by atoms with Gasteiger partial charge in [0, 0.05) is 32.6 Å². The Kier molecular flexibility index (Phi) is 4.36. The molecule has 2 aliphatic heterocycles. The molecule has 1 unspecified atom stereocenters. The SMILES string of the molecule is O=C(c1sc(N2CCCC2)nc1Cl)N1CCC(Cc2nn[nH]n2)C1. The van der Waals surface area contributed by atoms with Gasteiger partial charge in [0.1, 0.15) is 4.88 Å². The zero-order chi connectivity index (χ0) is 16.5. The number of aromatic amines is 1. The van der Waals surface area contributed by atoms with Gasteiger partial charge in [0.25, 0.3) is 5.91 Å². The number of rotatable bonds is 4. The van der Waals surface area contributed by atoms with Gasteiger partial charge in [-0.2, -0.15) is 5.21 Å². The van der Waals surface area contributed by atoms with Crippen LogP contribution in [0.1, 0.15) is 34.8 Å². The number of carbonyl (C=O) groups excluding carboxylic acids is 1. The van der Waals surface area contributed by atoms with Gasteiger partial charge < -0.3 is 9.80 Å². The molecule has 128 valence electrons. The molecule has 2 fully saturated rings. The fraction of sp³-hybridized carbons (Fsp3) is 0.643. The average Bonchev–Trinajstić information content (AvgIpc) is 3.35. The highest BCUT2D eigenvalue weighted by atomic mass is 35.5. The van der Waals surface area contributed by atoms with Crippen molar-refractivity contribution in [3.63, 3.8) is 0 Å². The molecule has 4 rings (SSSR count). The number of anilines is 1. The second-order valence-corrected chi connectivity index (χ2v) is 7.58. The summed E-state index contributed by atoms with van der Waals surface area (Å²) in [5.41, 5.74) is 0. The summed E-state index contributed by atoms with van der Waals surface area (Å²) < 4.78 is 0. The average molecular weight is 368 g/mol. The van der Waals surface area contributed by atoms with Gasteiger partial charge in [0.2, 0.25) is 0 Å². The molecule has 0 saturated carbocycles. The van der Waals surface area contributed by atoms with Crippen molar-refractivity contribution >= 4 is 34.0 Å². The summed E-state index contributed by atoms with van der Waals surface area (Å²) in [6, 6.07) is 0. The predicted molar refractivity (Wildman–Crippen MR) is 90.5 cm³/mol. The van der Waals surface area contributed by atoms with Crippen LogP contribution in [0.15, 0.2) is 0 Å². The number of hydrogen-bond acceptors (Lipinski definition) is 7. The van der Waals surface area contributed by atoms with Crippen molar-refractivity contribution in [2.24, 2.45) is 5.92 Å². The number of nitrogens with one attached hydrogen (secondary N) is 1. The van der Waals surface area contributed by atoms with E-state index in [9.17, 15) is 4.79 Å². The minimum Gasteiger partial charge on any atom is -0.348 e. The minimum atomic E-state index is -0.0152. The predicted octanol–water partition coefficient (Wildman–Crippen LogP) is 1.61. The quantitative estimate of drug-likeness (QED) is 0.882. The molecule has 4 heterocycles. The molecule has 1 atom stereocenters. The number of likely N-dealkylation sites (tertiary alicyclic amines) is 1. The van der Waals surface area contributed by atoms with E-state index in [4.69, 9.17) is 11.6 Å². The van der Waals surface area contributed by atoms with E-state index in [2.05, 4.69) is 30.5 Å². The molecular weight excluding hydrogens is 350 g/mol. The van der Waals surface area contributed by atoms with E-state index in [0.29, 0.717) is 28.3 Å². The van der Waals surface area contributed by atoms with Gasteiger partial charge in [-0.1, -0.05) is 28.2 Å². The smallest absolute Gasteiger partial charge is 0.267 e. The first-order valence-electron chi connectivity index (χ1n) is 8.13. The van der Waals surface area contributed by atoms with Gasteiger partial charge in [-0.15, -0.1) is 10.2 Å². The van der Waals surface area contributed by atoms with E-state index < -0.39 is 0 Å². The Labute approximate surface area is 148 Å². The molecule has 2 aliphatic rings. The van der Waals surface area contributed by atoms with Crippen LogP contribution in [0.3, 0.4) is 0 Å². The van der Waals surface area contributed by atoms with Crippen LogP contribution < -0.4 is 4.90 Å². The van der Waals surface area contributed by atoms with Gasteiger partial charge >= 0.3 is 0 Å². The number of H-pyrrole nitrogens is 1. The third-order valence-corrected chi connectivity index (χ3v) is 6.07. The maximum atomic E-state index is 12.8. The molecule has 10 heteroatoms. The summed E-state index contributed by atoms with van der Waals surface area (Å²) in [5, 5.41) is 15.2. The highest BCUT2D eigenvalue weighted by Gasteiger charge is 2.31. The van der Waals surface area contributed by atoms with E-state index in [1.165, 1.54) is 24.2 Å². The molecule has 2 saturated heterocycles. The van der Waals surface area contributed by atoms with E-state index in [-0.39, 0.29) is 5.91 Å². The number of nitrogens with zero attached hydrogens (tertiary/aromatic N) is 6. The number of tetrazole rings is 1. The normalized spacial score (nSPS) is 21.0. The zero-order valence-corrected chi connectivity index (χ0v) is 14.7. The Bertz CT molecular complexity index is 713. The number of aromatic nitrogens is 5. The van der Waals surface area contributed by atoms with Crippen molar-refractivity contribution in [3.8, 4) is 0 Å². The molecule has 24 heavy (non-hydrogen) atoms. The lowest BCUT2D eigenvalue weighted by Gasteiger charge is -2.15. The maximum Gasteiger partial charge on any atom is 0.267 e. The van der Waals surface area contributed by atoms with E-state index in [1.807, 2.05) is 4.90 Å². The Morgan fingerprint density at radius 3 is 2.92 bits per heavy atom. The summed E-state index contributed by atoms with van der Waals surface area (Å²) in [6.45, 7) is 3.41. The molecule has 0 spiro atoms. The third-order valence-electron chi connectivity index (χ3n) is 4.58. The fourth-order valence-electron chi connectivity index (χ4n) is 3.32. The molecule has 1 amide bonds. The summed E-state index contributed by atoms with van der Waals surface area (Å²) in [4.78, 5) is 21.8. The molecule has 2 aromatic rings. The highest BCUT2D eigenvalue weighted by Crippen LogP contribution is 2.33. The number of amides is 1. The van der Waals surface area contributed by atoms with Gasteiger partial charge in [-0.05, 0) is 25.2 Å². The standard InChI is InChI=1S/C14H18ClN7OS/c15-12-11(24-14(16-12)21-4-1-2-5-21)13(23)22-6-3-9(8-22)7-10-17-19-20-18-10/h9H,1-8H2,(H,17,18,19,20). The first-order valence-corrected chi connectivity index (χ1v) is 9.33. The molecule has 2 aromatic heterocycles. The van der Waals surface area contributed by atoms with Gasteiger partial charge in [0.05, 0.1) is 0 Å². The van der Waals surface area contributed by atoms with Gasteiger partial charge in [0.15, 0.2) is 16.1 Å². The van der Waals surface area contributed by atoms with Crippen molar-refractivity contribution in [2.45, 2.75) is 25.7 Å². The van der Waals surface area contributed by atoms with Crippen LogP contribution in [-0.2, 0) is 6.42 Å². The Morgan fingerprint density at radius 1 is 1.33 bits per heavy atom. The van der Waals surface area contributed by atoms with E-state index in [0.717, 1.165) is 37.6 Å². The first kappa shape index (κ1) is 15.8. The molecule has 0 aromatic carbocycles. The molecular formula is C14H18ClN7OS. The number of carbonyl (C=O) groups is 1. The summed E-state index contributed by atoms with van der Waals surface area (Å²) in [7, 11) is 0. The minimum absolute atomic E-state index is 0.0152. The maximum absolute atomic E-state index is 12.8. The topological polar surface area (TPSA) is 90.9 Å². The Morgan fingerprint density at radius 2 is 2.17 bits per heavy atom. The fourth-order valence-corrected chi connectivity index (χ4v) is 4.63. The second-order valence-electron chi connectivity index (χ2n) is 6.25. The highest BCUT2D eigenvalue weighted by molar-refractivity contribution is 7.18. The third kappa shape index (κ3) is 3.10. The molecule has 0 radical (unpaired) electrons.